The van der Waals surface area contributed by atoms with Gasteiger partial charge in [-0.1, -0.05) is 31.2 Å². The Bertz CT molecular complexity index is 465. The van der Waals surface area contributed by atoms with Crippen molar-refractivity contribution >= 4 is 0 Å². The molecule has 2 heterocycles. The molecule has 2 N–H and O–H groups in total. The van der Waals surface area contributed by atoms with E-state index in [-0.39, 0.29) is 0 Å². The quantitative estimate of drug-likeness (QED) is 0.906. The summed E-state index contributed by atoms with van der Waals surface area (Å²) in [5, 5.41) is 0. The largest absolute Gasteiger partial charge is 0.374 e. The fourth-order valence-electron chi connectivity index (χ4n) is 3.64. The minimum absolute atomic E-state index is 0.318. The van der Waals surface area contributed by atoms with E-state index in [1.807, 2.05) is 0 Å². The lowest BCUT2D eigenvalue weighted by Gasteiger charge is -2.41. The molecule has 0 radical (unpaired) electrons. The number of nitrogens with zero attached hydrogens (tertiary/aromatic N) is 2. The van der Waals surface area contributed by atoms with Crippen LogP contribution in [0.1, 0.15) is 24.1 Å². The Hall–Kier alpha value is -0.940. The molecule has 1 fully saturated rings. The topological polar surface area (TPSA) is 41.7 Å². The average Bonchev–Trinajstić information content (AvgIpc) is 2.55. The standard InChI is InChI=1S/C17H27N3O/c1-2-19-9-10-21-15(12-19)13-20-8-7-14-5-3-4-6-16(14)17(20)11-18/h3-6,15,17H,2,7-13,18H2,1H3. The molecule has 0 aromatic heterocycles. The van der Waals surface area contributed by atoms with E-state index in [2.05, 4.69) is 41.0 Å². The van der Waals surface area contributed by atoms with Gasteiger partial charge in [-0.15, -0.1) is 0 Å². The van der Waals surface area contributed by atoms with Gasteiger partial charge in [-0.2, -0.15) is 0 Å². The van der Waals surface area contributed by atoms with Crippen LogP contribution in [-0.4, -0.2) is 61.8 Å². The van der Waals surface area contributed by atoms with Gasteiger partial charge in [0.2, 0.25) is 0 Å². The van der Waals surface area contributed by atoms with E-state index in [4.69, 9.17) is 10.5 Å². The maximum atomic E-state index is 6.07. The monoisotopic (exact) mass is 289 g/mol. The first-order valence-corrected chi connectivity index (χ1v) is 8.17. The average molecular weight is 289 g/mol. The Kier molecular flexibility index (Phi) is 4.91. The Balaban J connectivity index is 1.68. The minimum atomic E-state index is 0.318. The highest BCUT2D eigenvalue weighted by molar-refractivity contribution is 5.32. The Morgan fingerprint density at radius 3 is 2.95 bits per heavy atom. The first kappa shape index (κ1) is 15.0. The van der Waals surface area contributed by atoms with Gasteiger partial charge >= 0.3 is 0 Å². The Morgan fingerprint density at radius 1 is 1.29 bits per heavy atom. The zero-order chi connectivity index (χ0) is 14.7. The van der Waals surface area contributed by atoms with E-state index < -0.39 is 0 Å². The first-order chi connectivity index (χ1) is 10.3. The summed E-state index contributed by atoms with van der Waals surface area (Å²) >= 11 is 0. The zero-order valence-electron chi connectivity index (χ0n) is 13.0. The number of hydrogen-bond acceptors (Lipinski definition) is 4. The molecule has 2 atom stereocenters. The molecule has 2 aliphatic heterocycles. The number of rotatable bonds is 4. The number of likely N-dealkylation sites (N-methyl/N-ethyl adjacent to an activating group) is 1. The van der Waals surface area contributed by atoms with Crippen LogP contribution in [0.2, 0.25) is 0 Å². The van der Waals surface area contributed by atoms with E-state index in [0.29, 0.717) is 18.7 Å². The summed E-state index contributed by atoms with van der Waals surface area (Å²) in [6, 6.07) is 9.08. The van der Waals surface area contributed by atoms with Crippen molar-refractivity contribution in [1.82, 2.24) is 9.80 Å². The molecular weight excluding hydrogens is 262 g/mol. The molecule has 0 amide bonds. The highest BCUT2D eigenvalue weighted by Gasteiger charge is 2.29. The summed E-state index contributed by atoms with van der Waals surface area (Å²) in [5.41, 5.74) is 8.95. The Morgan fingerprint density at radius 2 is 2.14 bits per heavy atom. The van der Waals surface area contributed by atoms with Crippen molar-refractivity contribution in [2.75, 3.05) is 45.9 Å². The molecule has 21 heavy (non-hydrogen) atoms. The second-order valence-electron chi connectivity index (χ2n) is 6.08. The molecule has 2 aliphatic rings. The number of ether oxygens (including phenoxy) is 1. The van der Waals surface area contributed by atoms with E-state index in [1.165, 1.54) is 11.1 Å². The van der Waals surface area contributed by atoms with Crippen LogP contribution in [0, 0.1) is 0 Å². The van der Waals surface area contributed by atoms with Crippen LogP contribution in [-0.2, 0) is 11.2 Å². The molecular formula is C17H27N3O. The third-order valence-electron chi connectivity index (χ3n) is 4.85. The van der Waals surface area contributed by atoms with Crippen molar-refractivity contribution in [3.8, 4) is 0 Å². The molecule has 4 heteroatoms. The second kappa shape index (κ2) is 6.88. The predicted octanol–water partition coefficient (Wildman–Crippen LogP) is 1.27. The molecule has 4 nitrogen and oxygen atoms in total. The highest BCUT2D eigenvalue weighted by atomic mass is 16.5. The lowest BCUT2D eigenvalue weighted by Crippen LogP contribution is -2.50. The lowest BCUT2D eigenvalue weighted by molar-refractivity contribution is -0.0479. The summed E-state index contributed by atoms with van der Waals surface area (Å²) in [6.07, 6.45) is 1.44. The van der Waals surface area contributed by atoms with Crippen molar-refractivity contribution in [2.24, 2.45) is 5.73 Å². The predicted molar refractivity (Wildman–Crippen MR) is 85.4 cm³/mol. The lowest BCUT2D eigenvalue weighted by atomic mass is 9.92. The third-order valence-corrected chi connectivity index (χ3v) is 4.85. The van der Waals surface area contributed by atoms with Gasteiger partial charge < -0.3 is 10.5 Å². The SMILES string of the molecule is CCN1CCOC(CN2CCc3ccccc3C2CN)C1. The van der Waals surface area contributed by atoms with E-state index in [0.717, 1.165) is 45.8 Å². The summed E-state index contributed by atoms with van der Waals surface area (Å²) in [7, 11) is 0. The fourth-order valence-corrected chi connectivity index (χ4v) is 3.64. The van der Waals surface area contributed by atoms with Crippen LogP contribution >= 0.6 is 0 Å². The van der Waals surface area contributed by atoms with Crippen LogP contribution in [0.25, 0.3) is 0 Å². The van der Waals surface area contributed by atoms with Crippen LogP contribution in [0.4, 0.5) is 0 Å². The molecule has 0 aliphatic carbocycles. The van der Waals surface area contributed by atoms with Gasteiger partial charge in [-0.25, -0.2) is 0 Å². The fraction of sp³-hybridized carbons (Fsp3) is 0.647. The van der Waals surface area contributed by atoms with Crippen LogP contribution in [0.15, 0.2) is 24.3 Å². The van der Waals surface area contributed by atoms with Crippen molar-refractivity contribution < 1.29 is 4.74 Å². The summed E-state index contributed by atoms with van der Waals surface area (Å²) < 4.78 is 5.97. The van der Waals surface area contributed by atoms with Gasteiger partial charge in [0.1, 0.15) is 0 Å². The molecule has 1 saturated heterocycles. The maximum Gasteiger partial charge on any atom is 0.0829 e. The molecule has 1 aromatic carbocycles. The minimum Gasteiger partial charge on any atom is -0.374 e. The highest BCUT2D eigenvalue weighted by Crippen LogP contribution is 2.29. The van der Waals surface area contributed by atoms with Crippen LogP contribution in [0.5, 0.6) is 0 Å². The third kappa shape index (κ3) is 3.29. The number of fused-ring (bicyclic) bond motifs is 1. The number of hydrogen-bond donors (Lipinski definition) is 1. The van der Waals surface area contributed by atoms with Crippen molar-refractivity contribution in [3.05, 3.63) is 35.4 Å². The second-order valence-corrected chi connectivity index (χ2v) is 6.08. The summed E-state index contributed by atoms with van der Waals surface area (Å²) in [6.45, 7) is 9.07. The number of nitrogens with two attached hydrogens (primary N) is 1. The Labute approximate surface area is 127 Å². The number of benzene rings is 1. The molecule has 2 unspecified atom stereocenters. The van der Waals surface area contributed by atoms with Crippen molar-refractivity contribution in [3.63, 3.8) is 0 Å². The van der Waals surface area contributed by atoms with Crippen LogP contribution < -0.4 is 5.73 Å². The molecule has 0 spiro atoms. The van der Waals surface area contributed by atoms with Crippen molar-refractivity contribution in [2.45, 2.75) is 25.5 Å². The molecule has 0 saturated carbocycles. The molecule has 116 valence electrons. The first-order valence-electron chi connectivity index (χ1n) is 8.17. The van der Waals surface area contributed by atoms with E-state index >= 15 is 0 Å². The maximum absolute atomic E-state index is 6.07. The van der Waals surface area contributed by atoms with Crippen LogP contribution in [0.3, 0.4) is 0 Å². The molecule has 3 rings (SSSR count). The van der Waals surface area contributed by atoms with Gasteiger partial charge in [-0.05, 0) is 24.1 Å². The van der Waals surface area contributed by atoms with Gasteiger partial charge in [0.15, 0.2) is 0 Å². The van der Waals surface area contributed by atoms with Crippen molar-refractivity contribution in [1.29, 1.82) is 0 Å². The summed E-state index contributed by atoms with van der Waals surface area (Å²) in [5.74, 6) is 0. The smallest absolute Gasteiger partial charge is 0.0829 e. The van der Waals surface area contributed by atoms with Gasteiger partial charge in [0.25, 0.3) is 0 Å². The van der Waals surface area contributed by atoms with Gasteiger partial charge in [0.05, 0.1) is 12.7 Å². The summed E-state index contributed by atoms with van der Waals surface area (Å²) in [4.78, 5) is 5.00. The molecule has 0 bridgehead atoms. The normalized spacial score (nSPS) is 27.5. The number of morpholine rings is 1. The van der Waals surface area contributed by atoms with E-state index in [1.54, 1.807) is 0 Å². The zero-order valence-corrected chi connectivity index (χ0v) is 13.0. The van der Waals surface area contributed by atoms with Gasteiger partial charge in [-0.3, -0.25) is 9.80 Å². The van der Waals surface area contributed by atoms with Gasteiger partial charge in [0, 0.05) is 38.8 Å². The van der Waals surface area contributed by atoms with E-state index in [9.17, 15) is 0 Å². The molecule has 1 aromatic rings.